The molecule has 2 N–H and O–H groups in total. The van der Waals surface area contributed by atoms with Crippen LogP contribution in [0.1, 0.15) is 5.56 Å². The van der Waals surface area contributed by atoms with E-state index in [-0.39, 0.29) is 47.1 Å². The zero-order valence-corrected chi connectivity index (χ0v) is 23.5. The second-order valence-electron chi connectivity index (χ2n) is 5.99. The van der Waals surface area contributed by atoms with E-state index >= 15 is 0 Å². The number of aromatic nitrogens is 2. The summed E-state index contributed by atoms with van der Waals surface area (Å²) in [5, 5.41) is 21.2. The molecule has 0 fully saturated rings. The van der Waals surface area contributed by atoms with Crippen LogP contribution in [0.25, 0.3) is 21.8 Å². The lowest BCUT2D eigenvalue weighted by Crippen LogP contribution is -2.03. The van der Waals surface area contributed by atoms with E-state index in [4.69, 9.17) is 10.1 Å². The van der Waals surface area contributed by atoms with Gasteiger partial charge in [0, 0.05) is 77.4 Å². The fraction of sp³-hybridized carbons (Fsp3) is 0.100. The second-order valence-corrected chi connectivity index (χ2v) is 5.99. The highest BCUT2D eigenvalue weighted by Gasteiger charge is 2.07. The van der Waals surface area contributed by atoms with Crippen molar-refractivity contribution in [3.05, 3.63) is 105 Å². The van der Waals surface area contributed by atoms with Crippen LogP contribution in [0.4, 0.5) is 8.78 Å². The first-order valence-corrected chi connectivity index (χ1v) is 15.1. The van der Waals surface area contributed by atoms with E-state index in [0.717, 1.165) is 21.9 Å². The third kappa shape index (κ3) is 11.2. The molecule has 0 atom stereocenters. The highest BCUT2D eigenvalue weighted by Crippen LogP contribution is 2.19. The van der Waals surface area contributed by atoms with Crippen molar-refractivity contribution >= 4 is 83.0 Å². The third-order valence-electron chi connectivity index (χ3n) is 3.96. The zero-order valence-electron chi connectivity index (χ0n) is 16.8. The van der Waals surface area contributed by atoms with Crippen LogP contribution in [0.5, 0.6) is 0 Å². The Labute approximate surface area is 227 Å². The molecule has 33 heavy (non-hydrogen) atoms. The summed E-state index contributed by atoms with van der Waals surface area (Å²) in [5.74, 6) is -0.514. The predicted octanol–water partition coefficient (Wildman–Crippen LogP) is 7.23. The van der Waals surface area contributed by atoms with E-state index < -0.39 is 4.92 Å². The molecule has 0 aliphatic rings. The first kappa shape index (κ1) is 31.1. The molecule has 0 saturated heterocycles. The molecule has 0 aliphatic carbocycles. The van der Waals surface area contributed by atoms with Crippen LogP contribution in [0, 0.1) is 31.9 Å². The molecule has 0 aliphatic heterocycles. The quantitative estimate of drug-likeness (QED) is 0.129. The minimum absolute atomic E-state index is 0. The van der Waals surface area contributed by atoms with Gasteiger partial charge in [-0.05, 0) is 60.0 Å². The van der Waals surface area contributed by atoms with Gasteiger partial charge in [-0.1, -0.05) is 0 Å². The monoisotopic (exact) mass is 798 g/mol. The molecule has 0 unspecified atom stereocenters. The molecule has 2 aromatic heterocycles. The summed E-state index contributed by atoms with van der Waals surface area (Å²) in [6.45, 7) is 2.75. The number of aromatic amines is 2. The molecule has 178 valence electrons. The van der Waals surface area contributed by atoms with Crippen LogP contribution in [-0.4, -0.2) is 26.4 Å². The molecule has 0 spiro atoms. The first-order chi connectivity index (χ1) is 15.3. The lowest BCUT2D eigenvalue weighted by Gasteiger charge is -1.95. The smallest absolute Gasteiger partial charge is 0.227 e. The Morgan fingerprint density at radius 3 is 2.12 bits per heavy atom. The van der Waals surface area contributed by atoms with E-state index in [9.17, 15) is 18.9 Å². The van der Waals surface area contributed by atoms with Gasteiger partial charge < -0.3 is 9.97 Å². The molecule has 2 heterocycles. The van der Waals surface area contributed by atoms with Gasteiger partial charge >= 0.3 is 0 Å². The number of halogens is 5. The van der Waals surface area contributed by atoms with Crippen molar-refractivity contribution in [1.82, 2.24) is 9.97 Å². The molecule has 4 aromatic rings. The largest absolute Gasteiger partial charge is 0.361 e. The standard InChI is InChI=1S/C10H9FN2O2.C8H6FN.C2H3NO2.I2.HI/c11-8-1-2-9-7(3-4-13(14)15)6-12-10(9)5-8;9-7-2-1-6-3-4-10-8(6)5-7;1-2-3(4)5;1-2;/h1-2,5-6,12H,3-4H2;1-5,10H;2H,1H2;;1H. The Balaban J connectivity index is 0.000000494. The van der Waals surface area contributed by atoms with Gasteiger partial charge in [-0.25, -0.2) is 8.78 Å². The van der Waals surface area contributed by atoms with E-state index in [0.29, 0.717) is 18.1 Å². The van der Waals surface area contributed by atoms with E-state index in [1.54, 1.807) is 24.5 Å². The van der Waals surface area contributed by atoms with Crippen LogP contribution in [0.2, 0.25) is 0 Å². The Bertz CT molecular complexity index is 1180. The molecule has 4 rings (SSSR count). The van der Waals surface area contributed by atoms with Crippen LogP contribution in [0.3, 0.4) is 0 Å². The lowest BCUT2D eigenvalue weighted by molar-refractivity contribution is -0.479. The van der Waals surface area contributed by atoms with E-state index in [1.165, 1.54) is 24.3 Å². The van der Waals surface area contributed by atoms with Crippen molar-refractivity contribution in [2.75, 3.05) is 6.54 Å². The van der Waals surface area contributed by atoms with Crippen molar-refractivity contribution in [2.24, 2.45) is 0 Å². The highest BCUT2D eigenvalue weighted by molar-refractivity contribution is 15.0. The Kier molecular flexibility index (Phi) is 15.7. The molecule has 0 bridgehead atoms. The highest BCUT2D eigenvalue weighted by atomic mass is 128. The molecule has 0 amide bonds. The molecule has 8 nitrogen and oxygen atoms in total. The van der Waals surface area contributed by atoms with Crippen molar-refractivity contribution < 1.29 is 18.6 Å². The average molecular weight is 798 g/mol. The zero-order chi connectivity index (χ0) is 24.1. The summed E-state index contributed by atoms with van der Waals surface area (Å²) in [5.41, 5.74) is 2.37. The first-order valence-electron chi connectivity index (χ1n) is 8.80. The Morgan fingerprint density at radius 1 is 0.970 bits per heavy atom. The number of nitrogens with one attached hydrogen (secondary N) is 2. The maximum absolute atomic E-state index is 12.8. The SMILES string of the molecule is C=C[N+](=O)[O-].Fc1ccc2cc[nH]c2c1.I.II.O=[N+]([O-])CCc1c[nH]c2cc(F)ccc12. The molecule has 2 aromatic carbocycles. The summed E-state index contributed by atoms with van der Waals surface area (Å²) < 4.78 is 25.3. The molecular weight excluding hydrogens is 779 g/mol. The number of fused-ring (bicyclic) bond motifs is 2. The van der Waals surface area contributed by atoms with E-state index in [2.05, 4.69) is 53.8 Å². The second kappa shape index (κ2) is 16.7. The summed E-state index contributed by atoms with van der Waals surface area (Å²) in [6.07, 6.45) is 4.48. The van der Waals surface area contributed by atoms with Gasteiger partial charge in [0.05, 0.1) is 4.92 Å². The van der Waals surface area contributed by atoms with E-state index in [1.807, 2.05) is 6.07 Å². The average Bonchev–Trinajstić information content (AvgIpc) is 3.40. The number of rotatable bonds is 4. The van der Waals surface area contributed by atoms with Crippen molar-refractivity contribution in [3.63, 3.8) is 0 Å². The third-order valence-corrected chi connectivity index (χ3v) is 3.96. The maximum atomic E-state index is 12.8. The van der Waals surface area contributed by atoms with Gasteiger partial charge in [0.15, 0.2) is 0 Å². The predicted molar refractivity (Wildman–Crippen MR) is 153 cm³/mol. The minimum Gasteiger partial charge on any atom is -0.361 e. The van der Waals surface area contributed by atoms with Gasteiger partial charge in [0.1, 0.15) is 11.6 Å². The molecule has 0 radical (unpaired) electrons. The summed E-state index contributed by atoms with van der Waals surface area (Å²) in [4.78, 5) is 24.1. The topological polar surface area (TPSA) is 118 Å². The van der Waals surface area contributed by atoms with Crippen LogP contribution >= 0.6 is 61.2 Å². The molecule has 13 heteroatoms. The molecule has 0 saturated carbocycles. The number of H-pyrrole nitrogens is 2. The number of hydrogen-bond donors (Lipinski definition) is 2. The van der Waals surface area contributed by atoms with Crippen molar-refractivity contribution in [3.8, 4) is 0 Å². The minimum atomic E-state index is -0.611. The number of hydrogen-bond acceptors (Lipinski definition) is 4. The van der Waals surface area contributed by atoms with Gasteiger partial charge in [0.25, 0.3) is 0 Å². The van der Waals surface area contributed by atoms with Crippen molar-refractivity contribution in [1.29, 1.82) is 0 Å². The summed E-state index contributed by atoms with van der Waals surface area (Å²) in [7, 11) is 0. The van der Waals surface area contributed by atoms with Gasteiger partial charge in [-0.3, -0.25) is 20.2 Å². The van der Waals surface area contributed by atoms with Gasteiger partial charge in [0.2, 0.25) is 12.7 Å². The molecular formula is C20H19F2I3N4O4. The van der Waals surface area contributed by atoms with Crippen LogP contribution in [-0.2, 0) is 6.42 Å². The number of benzene rings is 2. The summed E-state index contributed by atoms with van der Waals surface area (Å²) >= 11 is 4.24. The van der Waals surface area contributed by atoms with Crippen molar-refractivity contribution in [2.45, 2.75) is 6.42 Å². The maximum Gasteiger partial charge on any atom is 0.227 e. The fourth-order valence-electron chi connectivity index (χ4n) is 2.60. The Hall–Kier alpha value is -1.89. The lowest BCUT2D eigenvalue weighted by atomic mass is 10.1. The number of nitrogens with zero attached hydrogens (tertiary/aromatic N) is 2. The summed E-state index contributed by atoms with van der Waals surface area (Å²) in [6, 6.07) is 11.0. The van der Waals surface area contributed by atoms with Crippen LogP contribution in [0.15, 0.2) is 67.6 Å². The Morgan fingerprint density at radius 2 is 1.55 bits per heavy atom. The fourth-order valence-corrected chi connectivity index (χ4v) is 2.60. The van der Waals surface area contributed by atoms with Crippen LogP contribution < -0.4 is 0 Å². The normalized spacial score (nSPS) is 9.21. The number of nitro groups is 2. The van der Waals surface area contributed by atoms with Gasteiger partial charge in [-0.2, -0.15) is 0 Å². The van der Waals surface area contributed by atoms with Gasteiger partial charge in [-0.15, -0.1) is 24.0 Å².